The van der Waals surface area contributed by atoms with Gasteiger partial charge in [0.05, 0.1) is 10.9 Å². The molecule has 0 aliphatic heterocycles. The molecule has 146 valence electrons. The Labute approximate surface area is 166 Å². The molecule has 0 bridgehead atoms. The normalized spacial score (nSPS) is 10.8. The molecule has 0 unspecified atom stereocenters. The van der Waals surface area contributed by atoms with Crippen molar-refractivity contribution in [2.24, 2.45) is 0 Å². The van der Waals surface area contributed by atoms with Gasteiger partial charge in [-0.05, 0) is 35.4 Å². The zero-order valence-electron chi connectivity index (χ0n) is 15.4. The molecule has 3 aromatic carbocycles. The number of halogens is 1. The highest BCUT2D eigenvalue weighted by Crippen LogP contribution is 2.37. The number of carbonyl (C=O) groups is 1. The minimum absolute atomic E-state index is 0.193. The molecule has 0 amide bonds. The zero-order valence-corrected chi connectivity index (χ0v) is 15.4. The molecule has 6 heteroatoms. The van der Waals surface area contributed by atoms with E-state index in [4.69, 9.17) is 14.6 Å². The van der Waals surface area contributed by atoms with Gasteiger partial charge in [0, 0.05) is 12.7 Å². The van der Waals surface area contributed by atoms with Crippen LogP contribution in [0.25, 0.3) is 10.9 Å². The van der Waals surface area contributed by atoms with Crippen LogP contribution >= 0.6 is 0 Å². The monoisotopic (exact) mass is 391 g/mol. The van der Waals surface area contributed by atoms with Gasteiger partial charge in [0.25, 0.3) is 0 Å². The highest BCUT2D eigenvalue weighted by molar-refractivity contribution is 5.94. The molecule has 0 aliphatic carbocycles. The maximum Gasteiger partial charge on any atom is 0.511 e. The second-order valence-electron chi connectivity index (χ2n) is 6.54. The Balaban J connectivity index is 1.71. The summed E-state index contributed by atoms with van der Waals surface area (Å²) in [5, 5.41) is 9.72. The van der Waals surface area contributed by atoms with E-state index in [0.29, 0.717) is 24.3 Å². The van der Waals surface area contributed by atoms with Gasteiger partial charge >= 0.3 is 6.16 Å². The van der Waals surface area contributed by atoms with Gasteiger partial charge in [-0.3, -0.25) is 0 Å². The second-order valence-corrected chi connectivity index (χ2v) is 6.54. The summed E-state index contributed by atoms with van der Waals surface area (Å²) in [6.45, 7) is 0.775. The van der Waals surface area contributed by atoms with Gasteiger partial charge < -0.3 is 19.1 Å². The summed E-state index contributed by atoms with van der Waals surface area (Å²) < 4.78 is 26.0. The van der Waals surface area contributed by atoms with E-state index in [9.17, 15) is 9.18 Å². The molecule has 0 saturated carbocycles. The first-order chi connectivity index (χ1) is 14.1. The quantitative estimate of drug-likeness (QED) is 0.443. The Kier molecular flexibility index (Phi) is 5.16. The fraction of sp³-hybridized carbons (Fsp3) is 0.0870. The van der Waals surface area contributed by atoms with E-state index in [-0.39, 0.29) is 11.6 Å². The number of ether oxygens (including phenoxy) is 2. The summed E-state index contributed by atoms with van der Waals surface area (Å²) in [5.74, 6) is 0.413. The van der Waals surface area contributed by atoms with Crippen molar-refractivity contribution in [3.8, 4) is 11.5 Å². The van der Waals surface area contributed by atoms with Gasteiger partial charge in [0.2, 0.25) is 0 Å². The Morgan fingerprint density at radius 2 is 1.66 bits per heavy atom. The van der Waals surface area contributed by atoms with E-state index < -0.39 is 6.16 Å². The van der Waals surface area contributed by atoms with Crippen LogP contribution in [0, 0.1) is 5.82 Å². The Morgan fingerprint density at radius 1 is 0.897 bits per heavy atom. The zero-order chi connectivity index (χ0) is 20.2. The predicted octanol–water partition coefficient (Wildman–Crippen LogP) is 5.46. The largest absolute Gasteiger partial charge is 0.511 e. The maximum absolute atomic E-state index is 13.2. The fourth-order valence-electron chi connectivity index (χ4n) is 3.23. The SMILES string of the molecule is O=C(O)Oc1cn(Cc2ccc(F)cc2)c2cccc(OCc3ccccc3)c12. The first-order valence-electron chi connectivity index (χ1n) is 9.04. The molecule has 1 aromatic heterocycles. The number of nitrogens with zero attached hydrogens (tertiary/aromatic N) is 1. The standard InChI is InChI=1S/C23H18FNO4/c24-18-11-9-16(10-12-18)13-25-14-21(29-23(26)27)22-19(25)7-4-8-20(22)28-15-17-5-2-1-3-6-17/h1-12,14H,13,15H2,(H,26,27). The predicted molar refractivity (Wildman–Crippen MR) is 107 cm³/mol. The third kappa shape index (κ3) is 4.21. The fourth-order valence-corrected chi connectivity index (χ4v) is 3.23. The average Bonchev–Trinajstić information content (AvgIpc) is 3.06. The Hall–Kier alpha value is -3.80. The van der Waals surface area contributed by atoms with Gasteiger partial charge in [0.15, 0.2) is 5.75 Å². The van der Waals surface area contributed by atoms with Gasteiger partial charge in [-0.15, -0.1) is 0 Å². The topological polar surface area (TPSA) is 60.7 Å². The average molecular weight is 391 g/mol. The lowest BCUT2D eigenvalue weighted by molar-refractivity contribution is 0.145. The van der Waals surface area contributed by atoms with Crippen LogP contribution in [0.1, 0.15) is 11.1 Å². The second kappa shape index (κ2) is 8.06. The molecule has 0 spiro atoms. The van der Waals surface area contributed by atoms with Crippen molar-refractivity contribution >= 4 is 17.1 Å². The molecule has 0 saturated heterocycles. The van der Waals surface area contributed by atoms with Crippen LogP contribution in [0.2, 0.25) is 0 Å². The molecule has 0 aliphatic rings. The number of fused-ring (bicyclic) bond motifs is 1. The van der Waals surface area contributed by atoms with Crippen LogP contribution in [0.15, 0.2) is 79.0 Å². The van der Waals surface area contributed by atoms with Crippen molar-refractivity contribution in [1.82, 2.24) is 4.57 Å². The molecular formula is C23H18FNO4. The third-order valence-electron chi connectivity index (χ3n) is 4.53. The van der Waals surface area contributed by atoms with Gasteiger partial charge in [-0.1, -0.05) is 48.5 Å². The van der Waals surface area contributed by atoms with Crippen molar-refractivity contribution in [2.75, 3.05) is 0 Å². The molecule has 1 N–H and O–H groups in total. The van der Waals surface area contributed by atoms with Crippen molar-refractivity contribution in [3.05, 3.63) is 95.9 Å². The molecule has 0 atom stereocenters. The molecule has 0 radical (unpaired) electrons. The first-order valence-corrected chi connectivity index (χ1v) is 9.04. The van der Waals surface area contributed by atoms with E-state index in [1.54, 1.807) is 24.4 Å². The molecule has 1 heterocycles. The number of hydrogen-bond acceptors (Lipinski definition) is 3. The minimum atomic E-state index is -1.40. The lowest BCUT2D eigenvalue weighted by Crippen LogP contribution is -2.03. The van der Waals surface area contributed by atoms with E-state index in [1.165, 1.54) is 12.1 Å². The molecule has 4 rings (SSSR count). The third-order valence-corrected chi connectivity index (χ3v) is 4.53. The van der Waals surface area contributed by atoms with E-state index >= 15 is 0 Å². The van der Waals surface area contributed by atoms with Gasteiger partial charge in [0.1, 0.15) is 18.2 Å². The minimum Gasteiger partial charge on any atom is -0.488 e. The summed E-state index contributed by atoms with van der Waals surface area (Å²) in [4.78, 5) is 11.2. The Bertz CT molecular complexity index is 1140. The summed E-state index contributed by atoms with van der Waals surface area (Å²) in [6.07, 6.45) is 0.223. The van der Waals surface area contributed by atoms with Crippen molar-refractivity contribution < 1.29 is 23.8 Å². The van der Waals surface area contributed by atoms with Crippen LogP contribution in [-0.4, -0.2) is 15.8 Å². The van der Waals surface area contributed by atoms with Crippen LogP contribution in [0.5, 0.6) is 11.5 Å². The lowest BCUT2D eigenvalue weighted by atomic mass is 10.2. The number of benzene rings is 3. The number of aromatic nitrogens is 1. The number of carboxylic acid groups (broad SMARTS) is 1. The smallest absolute Gasteiger partial charge is 0.488 e. The molecule has 4 aromatic rings. The van der Waals surface area contributed by atoms with Crippen LogP contribution in [0.4, 0.5) is 9.18 Å². The molecule has 0 fully saturated rings. The van der Waals surface area contributed by atoms with Gasteiger partial charge in [-0.2, -0.15) is 0 Å². The molecular weight excluding hydrogens is 373 g/mol. The van der Waals surface area contributed by atoms with Crippen molar-refractivity contribution in [2.45, 2.75) is 13.2 Å². The molecule has 5 nitrogen and oxygen atoms in total. The van der Waals surface area contributed by atoms with Crippen molar-refractivity contribution in [1.29, 1.82) is 0 Å². The summed E-state index contributed by atoms with van der Waals surface area (Å²) in [7, 11) is 0. The van der Waals surface area contributed by atoms with Crippen LogP contribution < -0.4 is 9.47 Å². The maximum atomic E-state index is 13.2. The highest BCUT2D eigenvalue weighted by atomic mass is 19.1. The summed E-state index contributed by atoms with van der Waals surface area (Å²) in [6, 6.07) is 21.3. The lowest BCUT2D eigenvalue weighted by Gasteiger charge is -2.10. The number of rotatable bonds is 6. The number of hydrogen-bond donors (Lipinski definition) is 1. The Morgan fingerprint density at radius 3 is 2.38 bits per heavy atom. The van der Waals surface area contributed by atoms with E-state index in [2.05, 4.69) is 0 Å². The molecule has 29 heavy (non-hydrogen) atoms. The van der Waals surface area contributed by atoms with Crippen LogP contribution in [-0.2, 0) is 13.2 Å². The van der Waals surface area contributed by atoms with E-state index in [0.717, 1.165) is 16.6 Å². The summed E-state index contributed by atoms with van der Waals surface area (Å²) in [5.41, 5.74) is 2.63. The first kappa shape index (κ1) is 18.6. The van der Waals surface area contributed by atoms with Crippen LogP contribution in [0.3, 0.4) is 0 Å². The van der Waals surface area contributed by atoms with E-state index in [1.807, 2.05) is 47.0 Å². The van der Waals surface area contributed by atoms with Gasteiger partial charge in [-0.25, -0.2) is 9.18 Å². The summed E-state index contributed by atoms with van der Waals surface area (Å²) >= 11 is 0. The highest BCUT2D eigenvalue weighted by Gasteiger charge is 2.17. The van der Waals surface area contributed by atoms with Crippen molar-refractivity contribution in [3.63, 3.8) is 0 Å².